The molecule has 1 heterocycles. The highest BCUT2D eigenvalue weighted by atomic mass is 16.5. The summed E-state index contributed by atoms with van der Waals surface area (Å²) in [5, 5.41) is 2.99. The Kier molecular flexibility index (Phi) is 6.08. The summed E-state index contributed by atoms with van der Waals surface area (Å²) in [6.45, 7) is 2.65. The number of methoxy groups -OCH3 is 2. The number of aromatic amines is 1. The smallest absolute Gasteiger partial charge is 0.311 e. The Bertz CT molecular complexity index is 775. The van der Waals surface area contributed by atoms with Crippen LogP contribution in [0.2, 0.25) is 0 Å². The Balaban J connectivity index is 2.50. The summed E-state index contributed by atoms with van der Waals surface area (Å²) in [4.78, 5) is 28.8. The number of aromatic nitrogens is 2. The number of rotatable bonds is 7. The zero-order valence-corrected chi connectivity index (χ0v) is 14.0. The molecule has 24 heavy (non-hydrogen) atoms. The van der Waals surface area contributed by atoms with E-state index < -0.39 is 5.97 Å². The van der Waals surface area contributed by atoms with Crippen LogP contribution in [0.5, 0.6) is 0 Å². The molecule has 0 aliphatic rings. The van der Waals surface area contributed by atoms with Gasteiger partial charge >= 0.3 is 5.97 Å². The molecule has 0 amide bonds. The zero-order chi connectivity index (χ0) is 17.5. The first-order chi connectivity index (χ1) is 11.6. The zero-order valence-electron chi connectivity index (χ0n) is 14.0. The number of hydrogen-bond donors (Lipinski definition) is 1. The molecule has 0 bridgehead atoms. The Labute approximate surface area is 139 Å². The fourth-order valence-corrected chi connectivity index (χ4v) is 2.34. The lowest BCUT2D eigenvalue weighted by Crippen LogP contribution is -2.20. The Morgan fingerprint density at radius 2 is 1.96 bits per heavy atom. The summed E-state index contributed by atoms with van der Waals surface area (Å²) in [6, 6.07) is 9.15. The molecule has 0 aliphatic heterocycles. The van der Waals surface area contributed by atoms with Gasteiger partial charge in [-0.05, 0) is 19.1 Å². The van der Waals surface area contributed by atoms with Gasteiger partial charge in [-0.25, -0.2) is 4.68 Å². The Hall–Kier alpha value is -2.67. The number of hydrogen-bond acceptors (Lipinski definition) is 5. The van der Waals surface area contributed by atoms with Crippen LogP contribution in [0.25, 0.3) is 5.69 Å². The lowest BCUT2D eigenvalue weighted by Gasteiger charge is -2.02. The first kappa shape index (κ1) is 17.7. The van der Waals surface area contributed by atoms with Gasteiger partial charge in [0, 0.05) is 12.8 Å². The van der Waals surface area contributed by atoms with E-state index in [-0.39, 0.29) is 12.0 Å². The lowest BCUT2D eigenvalue weighted by molar-refractivity contribution is -0.139. The van der Waals surface area contributed by atoms with Crippen LogP contribution < -0.4 is 5.56 Å². The molecule has 0 atom stereocenters. The van der Waals surface area contributed by atoms with Crippen molar-refractivity contribution in [1.82, 2.24) is 9.78 Å². The third-order valence-electron chi connectivity index (χ3n) is 3.53. The van der Waals surface area contributed by atoms with Crippen LogP contribution in [0.15, 0.2) is 40.1 Å². The van der Waals surface area contributed by atoms with Crippen molar-refractivity contribution in [1.29, 1.82) is 0 Å². The summed E-state index contributed by atoms with van der Waals surface area (Å²) in [5.41, 5.74) is 1.86. The number of nitrogens with zero attached hydrogens (tertiary/aromatic N) is 2. The fraction of sp³-hybridized carbons (Fsp3) is 0.353. The Morgan fingerprint density at radius 1 is 1.25 bits per heavy atom. The molecule has 0 spiro atoms. The van der Waals surface area contributed by atoms with Gasteiger partial charge in [0.05, 0.1) is 43.6 Å². The molecule has 0 unspecified atom stereocenters. The maximum absolute atomic E-state index is 12.8. The van der Waals surface area contributed by atoms with Gasteiger partial charge in [0.25, 0.3) is 5.56 Å². The largest absolute Gasteiger partial charge is 0.469 e. The number of benzene rings is 1. The lowest BCUT2D eigenvalue weighted by atomic mass is 10.1. The van der Waals surface area contributed by atoms with Crippen molar-refractivity contribution in [3.05, 3.63) is 51.9 Å². The number of carbonyl (C=O) groups excluding carboxylic acids is 1. The number of carbonyl (C=O) groups is 1. The van der Waals surface area contributed by atoms with E-state index in [4.69, 9.17) is 9.47 Å². The van der Waals surface area contributed by atoms with E-state index in [0.29, 0.717) is 35.8 Å². The normalized spacial score (nSPS) is 11.5. The topological polar surface area (TPSA) is 85.7 Å². The number of nitrogens with one attached hydrogen (secondary N) is 1. The molecule has 7 nitrogen and oxygen atoms in total. The molecule has 128 valence electrons. The fourth-order valence-electron chi connectivity index (χ4n) is 2.34. The molecule has 1 aromatic heterocycles. The summed E-state index contributed by atoms with van der Waals surface area (Å²) in [5.74, 6) is -0.428. The first-order valence-electron chi connectivity index (χ1n) is 7.55. The van der Waals surface area contributed by atoms with Gasteiger partial charge < -0.3 is 9.47 Å². The highest BCUT2D eigenvalue weighted by molar-refractivity contribution is 6.00. The third kappa shape index (κ3) is 3.99. The van der Waals surface area contributed by atoms with Crippen LogP contribution in [0.1, 0.15) is 18.2 Å². The average molecular weight is 331 g/mol. The minimum atomic E-state index is -0.428. The monoisotopic (exact) mass is 331 g/mol. The quantitative estimate of drug-likeness (QED) is 0.471. The molecular formula is C17H21N3O4. The number of ether oxygens (including phenoxy) is 2. The van der Waals surface area contributed by atoms with Gasteiger partial charge in [0.1, 0.15) is 0 Å². The van der Waals surface area contributed by atoms with Gasteiger partial charge in [0.2, 0.25) is 0 Å². The standard InChI is InChI=1S/C17H21N3O4/c1-12(18-9-10-23-2)16-14(11-15(21)24-3)19-20(17(16)22)13-7-5-4-6-8-13/h4-8,19H,9-11H2,1-3H3. The summed E-state index contributed by atoms with van der Waals surface area (Å²) in [6.07, 6.45) is -0.0297. The van der Waals surface area contributed by atoms with E-state index in [0.717, 1.165) is 0 Å². The van der Waals surface area contributed by atoms with Gasteiger partial charge in [-0.2, -0.15) is 0 Å². The molecular weight excluding hydrogens is 310 g/mol. The van der Waals surface area contributed by atoms with Crippen molar-refractivity contribution in [3.63, 3.8) is 0 Å². The molecule has 1 N–H and O–H groups in total. The van der Waals surface area contributed by atoms with Gasteiger partial charge in [0.15, 0.2) is 0 Å². The second kappa shape index (κ2) is 8.26. The molecule has 1 aromatic carbocycles. The second-order valence-corrected chi connectivity index (χ2v) is 5.15. The van der Waals surface area contributed by atoms with Crippen molar-refractivity contribution < 1.29 is 14.3 Å². The highest BCUT2D eigenvalue weighted by Gasteiger charge is 2.20. The second-order valence-electron chi connectivity index (χ2n) is 5.15. The van der Waals surface area contributed by atoms with Gasteiger partial charge in [-0.3, -0.25) is 19.7 Å². The molecule has 0 saturated heterocycles. The van der Waals surface area contributed by atoms with Crippen molar-refractivity contribution in [2.24, 2.45) is 4.99 Å². The van der Waals surface area contributed by atoms with Gasteiger partial charge in [-0.15, -0.1) is 0 Å². The number of esters is 1. The molecule has 0 saturated carbocycles. The minimum Gasteiger partial charge on any atom is -0.469 e. The molecule has 2 aromatic rings. The maximum atomic E-state index is 12.8. The molecule has 0 fully saturated rings. The number of aliphatic imine (C=N–C) groups is 1. The van der Waals surface area contributed by atoms with Crippen LogP contribution in [-0.2, 0) is 20.7 Å². The highest BCUT2D eigenvalue weighted by Crippen LogP contribution is 2.10. The van der Waals surface area contributed by atoms with Crippen LogP contribution in [0.3, 0.4) is 0 Å². The van der Waals surface area contributed by atoms with E-state index in [2.05, 4.69) is 10.1 Å². The summed E-state index contributed by atoms with van der Waals surface area (Å²) < 4.78 is 11.1. The number of H-pyrrole nitrogens is 1. The van der Waals surface area contributed by atoms with Crippen molar-refractivity contribution in [3.8, 4) is 5.69 Å². The minimum absolute atomic E-state index is 0.0297. The predicted octanol–water partition coefficient (Wildman–Crippen LogP) is 1.34. The van der Waals surface area contributed by atoms with Crippen molar-refractivity contribution in [2.75, 3.05) is 27.4 Å². The number of para-hydroxylation sites is 1. The molecule has 2 rings (SSSR count). The van der Waals surface area contributed by atoms with Crippen molar-refractivity contribution >= 4 is 11.7 Å². The SMILES string of the molecule is COCCN=C(C)c1c(CC(=O)OC)[nH]n(-c2ccccc2)c1=O. The average Bonchev–Trinajstić information content (AvgIpc) is 2.91. The molecule has 7 heteroatoms. The van der Waals surface area contributed by atoms with E-state index in [9.17, 15) is 9.59 Å². The van der Waals surface area contributed by atoms with Crippen LogP contribution in [0.4, 0.5) is 0 Å². The van der Waals surface area contributed by atoms with E-state index in [1.165, 1.54) is 11.8 Å². The molecule has 0 aliphatic carbocycles. The Morgan fingerprint density at radius 3 is 2.58 bits per heavy atom. The van der Waals surface area contributed by atoms with E-state index in [1.54, 1.807) is 26.2 Å². The summed E-state index contributed by atoms with van der Waals surface area (Å²) in [7, 11) is 2.90. The summed E-state index contributed by atoms with van der Waals surface area (Å²) >= 11 is 0. The van der Waals surface area contributed by atoms with E-state index >= 15 is 0 Å². The van der Waals surface area contributed by atoms with Crippen LogP contribution in [0, 0.1) is 0 Å². The van der Waals surface area contributed by atoms with Gasteiger partial charge in [-0.1, -0.05) is 18.2 Å². The predicted molar refractivity (Wildman–Crippen MR) is 91.1 cm³/mol. The maximum Gasteiger partial charge on any atom is 0.311 e. The van der Waals surface area contributed by atoms with Crippen LogP contribution in [-0.4, -0.2) is 48.8 Å². The van der Waals surface area contributed by atoms with E-state index in [1.807, 2.05) is 18.2 Å². The third-order valence-corrected chi connectivity index (χ3v) is 3.53. The van der Waals surface area contributed by atoms with Crippen LogP contribution >= 0.6 is 0 Å². The first-order valence-corrected chi connectivity index (χ1v) is 7.55. The van der Waals surface area contributed by atoms with Crippen molar-refractivity contribution in [2.45, 2.75) is 13.3 Å². The molecule has 0 radical (unpaired) electrons.